The van der Waals surface area contributed by atoms with Crippen molar-refractivity contribution in [3.8, 4) is 11.5 Å². The standard InChI is InChI=1S/C26H19IN2O4/c1-32-23-14-17(13-22(27)24(23)33-26(31)19-8-3-2-4-9-19)16-28-29-25(30)21-12-11-18-7-5-6-10-20(18)15-21/h2-16H,1H3,(H,29,30)/b28-16-. The summed E-state index contributed by atoms with van der Waals surface area (Å²) >= 11 is 2.06. The number of halogens is 1. The van der Waals surface area contributed by atoms with Crippen LogP contribution in [-0.2, 0) is 0 Å². The molecule has 0 fully saturated rings. The summed E-state index contributed by atoms with van der Waals surface area (Å²) in [5.41, 5.74) is 4.17. The van der Waals surface area contributed by atoms with Gasteiger partial charge in [-0.25, -0.2) is 10.2 Å². The second kappa shape index (κ2) is 10.3. The summed E-state index contributed by atoms with van der Waals surface area (Å²) in [4.78, 5) is 24.9. The highest BCUT2D eigenvalue weighted by atomic mass is 127. The SMILES string of the molecule is COc1cc(/C=N\NC(=O)c2ccc3ccccc3c2)cc(I)c1OC(=O)c1ccccc1. The first-order chi connectivity index (χ1) is 16.0. The molecule has 6 nitrogen and oxygen atoms in total. The van der Waals surface area contributed by atoms with E-state index in [2.05, 4.69) is 33.1 Å². The number of carbonyl (C=O) groups is 2. The van der Waals surface area contributed by atoms with Gasteiger partial charge >= 0.3 is 5.97 Å². The molecule has 7 heteroatoms. The Morgan fingerprint density at radius 1 is 0.879 bits per heavy atom. The van der Waals surface area contributed by atoms with Crippen LogP contribution in [0.4, 0.5) is 0 Å². The van der Waals surface area contributed by atoms with Crippen LogP contribution in [0.15, 0.2) is 90.0 Å². The van der Waals surface area contributed by atoms with Crippen LogP contribution < -0.4 is 14.9 Å². The lowest BCUT2D eigenvalue weighted by molar-refractivity contribution is 0.0728. The van der Waals surface area contributed by atoms with Crippen LogP contribution in [-0.4, -0.2) is 25.2 Å². The highest BCUT2D eigenvalue weighted by Crippen LogP contribution is 2.34. The van der Waals surface area contributed by atoms with Gasteiger partial charge in [-0.1, -0.05) is 48.5 Å². The van der Waals surface area contributed by atoms with Crippen molar-refractivity contribution in [2.75, 3.05) is 7.11 Å². The first kappa shape index (κ1) is 22.5. The van der Waals surface area contributed by atoms with Crippen molar-refractivity contribution >= 4 is 51.5 Å². The number of nitrogens with one attached hydrogen (secondary N) is 1. The average molecular weight is 550 g/mol. The molecule has 1 amide bonds. The number of esters is 1. The third-order valence-corrected chi connectivity index (χ3v) is 5.65. The fraction of sp³-hybridized carbons (Fsp3) is 0.0385. The first-order valence-electron chi connectivity index (χ1n) is 10.0. The summed E-state index contributed by atoms with van der Waals surface area (Å²) < 4.78 is 11.6. The third-order valence-electron chi connectivity index (χ3n) is 4.85. The molecular formula is C26H19IN2O4. The number of benzene rings is 4. The molecule has 0 aliphatic carbocycles. The predicted octanol–water partition coefficient (Wildman–Crippen LogP) is 5.44. The fourth-order valence-electron chi connectivity index (χ4n) is 3.20. The quantitative estimate of drug-likeness (QED) is 0.114. The maximum absolute atomic E-state index is 12.5. The minimum atomic E-state index is -0.476. The molecule has 0 bridgehead atoms. The topological polar surface area (TPSA) is 77.0 Å². The summed E-state index contributed by atoms with van der Waals surface area (Å²) in [6, 6.07) is 25.5. The van der Waals surface area contributed by atoms with E-state index in [1.165, 1.54) is 13.3 Å². The molecule has 164 valence electrons. The lowest BCUT2D eigenvalue weighted by Crippen LogP contribution is -2.17. The average Bonchev–Trinajstić information content (AvgIpc) is 2.85. The van der Waals surface area contributed by atoms with E-state index < -0.39 is 5.97 Å². The lowest BCUT2D eigenvalue weighted by atomic mass is 10.1. The Balaban J connectivity index is 1.47. The summed E-state index contributed by atoms with van der Waals surface area (Å²) in [6.45, 7) is 0. The molecule has 0 aliphatic heterocycles. The van der Waals surface area contributed by atoms with E-state index in [1.54, 1.807) is 42.5 Å². The van der Waals surface area contributed by atoms with Crippen molar-refractivity contribution in [1.29, 1.82) is 0 Å². The molecule has 33 heavy (non-hydrogen) atoms. The van der Waals surface area contributed by atoms with E-state index in [9.17, 15) is 9.59 Å². The van der Waals surface area contributed by atoms with Crippen molar-refractivity contribution in [3.05, 3.63) is 105 Å². The molecule has 0 aromatic heterocycles. The zero-order chi connectivity index (χ0) is 23.2. The minimum Gasteiger partial charge on any atom is -0.493 e. The number of methoxy groups -OCH3 is 1. The van der Waals surface area contributed by atoms with Gasteiger partial charge in [0, 0.05) is 5.56 Å². The normalized spacial score (nSPS) is 10.8. The number of nitrogens with zero attached hydrogens (tertiary/aromatic N) is 1. The van der Waals surface area contributed by atoms with E-state index in [-0.39, 0.29) is 5.91 Å². The largest absolute Gasteiger partial charge is 0.493 e. The van der Waals surface area contributed by atoms with Crippen LogP contribution in [0.25, 0.3) is 10.8 Å². The number of amides is 1. The van der Waals surface area contributed by atoms with Gasteiger partial charge in [-0.2, -0.15) is 5.10 Å². The third kappa shape index (κ3) is 5.38. The van der Waals surface area contributed by atoms with Crippen LogP contribution in [0.1, 0.15) is 26.3 Å². The van der Waals surface area contributed by atoms with Gasteiger partial charge in [0.2, 0.25) is 0 Å². The fourth-order valence-corrected chi connectivity index (χ4v) is 3.94. The number of hydrazone groups is 1. The van der Waals surface area contributed by atoms with Gasteiger partial charge in [0.05, 0.1) is 22.5 Å². The van der Waals surface area contributed by atoms with Gasteiger partial charge in [0.1, 0.15) is 0 Å². The maximum Gasteiger partial charge on any atom is 0.343 e. The molecule has 0 saturated carbocycles. The second-order valence-electron chi connectivity index (χ2n) is 7.05. The van der Waals surface area contributed by atoms with Crippen LogP contribution in [0, 0.1) is 3.57 Å². The molecule has 0 heterocycles. The Kier molecular flexibility index (Phi) is 6.99. The molecule has 0 unspecified atom stereocenters. The molecule has 4 rings (SSSR count). The van der Waals surface area contributed by atoms with Crippen LogP contribution in [0.2, 0.25) is 0 Å². The van der Waals surface area contributed by atoms with Gasteiger partial charge in [-0.3, -0.25) is 4.79 Å². The Hall–Kier alpha value is -3.72. The molecule has 4 aromatic carbocycles. The number of hydrogen-bond acceptors (Lipinski definition) is 5. The molecule has 4 aromatic rings. The zero-order valence-corrected chi connectivity index (χ0v) is 19.8. The monoisotopic (exact) mass is 550 g/mol. The van der Waals surface area contributed by atoms with Crippen LogP contribution in [0.5, 0.6) is 11.5 Å². The molecule has 0 spiro atoms. The van der Waals surface area contributed by atoms with Crippen molar-refractivity contribution in [3.63, 3.8) is 0 Å². The van der Waals surface area contributed by atoms with Crippen molar-refractivity contribution in [2.45, 2.75) is 0 Å². The van der Waals surface area contributed by atoms with Crippen LogP contribution >= 0.6 is 22.6 Å². The Morgan fingerprint density at radius 2 is 1.61 bits per heavy atom. The molecule has 0 aliphatic rings. The lowest BCUT2D eigenvalue weighted by Gasteiger charge is -2.12. The van der Waals surface area contributed by atoms with Gasteiger partial charge < -0.3 is 9.47 Å². The summed E-state index contributed by atoms with van der Waals surface area (Å²) in [5.74, 6) is -0.0826. The first-order valence-corrected chi connectivity index (χ1v) is 11.1. The minimum absolute atomic E-state index is 0.313. The molecule has 1 N–H and O–H groups in total. The maximum atomic E-state index is 12.5. The summed E-state index contributed by atoms with van der Waals surface area (Å²) in [7, 11) is 1.49. The van der Waals surface area contributed by atoms with E-state index in [0.717, 1.165) is 10.8 Å². The predicted molar refractivity (Wildman–Crippen MR) is 136 cm³/mol. The number of fused-ring (bicyclic) bond motifs is 1. The van der Waals surface area contributed by atoms with Crippen molar-refractivity contribution in [1.82, 2.24) is 5.43 Å². The Labute approximate surface area is 204 Å². The smallest absolute Gasteiger partial charge is 0.343 e. The van der Waals surface area contributed by atoms with Crippen molar-refractivity contribution in [2.24, 2.45) is 5.10 Å². The van der Waals surface area contributed by atoms with E-state index in [0.29, 0.717) is 31.8 Å². The van der Waals surface area contributed by atoms with E-state index in [1.807, 2.05) is 42.5 Å². The highest BCUT2D eigenvalue weighted by molar-refractivity contribution is 14.1. The van der Waals surface area contributed by atoms with Gasteiger partial charge in [-0.05, 0) is 75.3 Å². The number of carbonyl (C=O) groups excluding carboxylic acids is 2. The van der Waals surface area contributed by atoms with Crippen molar-refractivity contribution < 1.29 is 19.1 Å². The number of hydrogen-bond donors (Lipinski definition) is 1. The molecule has 0 radical (unpaired) electrons. The Morgan fingerprint density at radius 3 is 2.36 bits per heavy atom. The molecule has 0 saturated heterocycles. The van der Waals surface area contributed by atoms with Gasteiger partial charge in [0.15, 0.2) is 11.5 Å². The summed E-state index contributed by atoms with van der Waals surface area (Å²) in [5, 5.41) is 6.10. The number of rotatable bonds is 6. The molecular weight excluding hydrogens is 531 g/mol. The second-order valence-corrected chi connectivity index (χ2v) is 8.21. The zero-order valence-electron chi connectivity index (χ0n) is 17.6. The van der Waals surface area contributed by atoms with E-state index in [4.69, 9.17) is 9.47 Å². The highest BCUT2D eigenvalue weighted by Gasteiger charge is 2.16. The van der Waals surface area contributed by atoms with Crippen LogP contribution in [0.3, 0.4) is 0 Å². The number of ether oxygens (including phenoxy) is 2. The summed E-state index contributed by atoms with van der Waals surface area (Å²) in [6.07, 6.45) is 1.51. The van der Waals surface area contributed by atoms with E-state index >= 15 is 0 Å². The van der Waals surface area contributed by atoms with Gasteiger partial charge in [-0.15, -0.1) is 0 Å². The van der Waals surface area contributed by atoms with Gasteiger partial charge in [0.25, 0.3) is 5.91 Å². The molecule has 0 atom stereocenters. The Bertz CT molecular complexity index is 1350.